The summed E-state index contributed by atoms with van der Waals surface area (Å²) in [7, 11) is 2.06. The summed E-state index contributed by atoms with van der Waals surface area (Å²) in [5, 5.41) is 9.31. The van der Waals surface area contributed by atoms with Crippen molar-refractivity contribution in [3.05, 3.63) is 0 Å². The van der Waals surface area contributed by atoms with Crippen molar-refractivity contribution >= 4 is 0 Å². The molecule has 3 heteroatoms. The average molecular weight is 172 g/mol. The van der Waals surface area contributed by atoms with Crippen LogP contribution in [0.2, 0.25) is 0 Å². The normalized spacial score (nSPS) is 22.8. The van der Waals surface area contributed by atoms with E-state index in [9.17, 15) is 5.11 Å². The van der Waals surface area contributed by atoms with E-state index in [1.165, 1.54) is 12.8 Å². The fourth-order valence-corrected chi connectivity index (χ4v) is 1.51. The molecule has 2 unspecified atom stereocenters. The Labute approximate surface area is 74.5 Å². The molecule has 0 radical (unpaired) electrons. The SMILES string of the molecule is CC(C1CC1)N(C)CC(O)CN. The molecule has 1 aliphatic rings. The van der Waals surface area contributed by atoms with Crippen molar-refractivity contribution in [2.75, 3.05) is 20.1 Å². The Morgan fingerprint density at radius 2 is 2.17 bits per heavy atom. The number of hydrogen-bond donors (Lipinski definition) is 2. The molecule has 0 aromatic rings. The monoisotopic (exact) mass is 172 g/mol. The molecule has 0 amide bonds. The van der Waals surface area contributed by atoms with Gasteiger partial charge in [-0.2, -0.15) is 0 Å². The van der Waals surface area contributed by atoms with E-state index >= 15 is 0 Å². The van der Waals surface area contributed by atoms with Crippen molar-refractivity contribution in [2.24, 2.45) is 11.7 Å². The van der Waals surface area contributed by atoms with Crippen LogP contribution in [0.25, 0.3) is 0 Å². The van der Waals surface area contributed by atoms with Gasteiger partial charge in [-0.15, -0.1) is 0 Å². The first-order valence-electron chi connectivity index (χ1n) is 4.73. The van der Waals surface area contributed by atoms with Crippen molar-refractivity contribution in [2.45, 2.75) is 31.9 Å². The molecule has 1 aliphatic carbocycles. The Balaban J connectivity index is 2.21. The molecule has 1 fully saturated rings. The van der Waals surface area contributed by atoms with E-state index in [2.05, 4.69) is 18.9 Å². The molecule has 72 valence electrons. The molecular weight excluding hydrogens is 152 g/mol. The second-order valence-corrected chi connectivity index (χ2v) is 3.91. The number of aliphatic hydroxyl groups excluding tert-OH is 1. The lowest BCUT2D eigenvalue weighted by Gasteiger charge is -2.26. The Bertz CT molecular complexity index is 136. The first kappa shape index (κ1) is 9.96. The second kappa shape index (κ2) is 4.21. The van der Waals surface area contributed by atoms with E-state index in [0.29, 0.717) is 19.1 Å². The van der Waals surface area contributed by atoms with Crippen LogP contribution in [0.5, 0.6) is 0 Å². The zero-order valence-electron chi connectivity index (χ0n) is 8.03. The molecule has 2 atom stereocenters. The average Bonchev–Trinajstić information content (AvgIpc) is 2.85. The first-order chi connectivity index (χ1) is 5.65. The Hall–Kier alpha value is -0.120. The lowest BCUT2D eigenvalue weighted by Crippen LogP contribution is -2.39. The molecule has 3 nitrogen and oxygen atoms in total. The summed E-state index contributed by atoms with van der Waals surface area (Å²) in [4.78, 5) is 2.20. The van der Waals surface area contributed by atoms with Crippen LogP contribution in [0.1, 0.15) is 19.8 Å². The summed E-state index contributed by atoms with van der Waals surface area (Å²) in [5.41, 5.74) is 5.34. The fraction of sp³-hybridized carbons (Fsp3) is 1.00. The fourth-order valence-electron chi connectivity index (χ4n) is 1.51. The van der Waals surface area contributed by atoms with Gasteiger partial charge in [-0.3, -0.25) is 0 Å². The maximum atomic E-state index is 9.31. The summed E-state index contributed by atoms with van der Waals surface area (Å²) in [6.07, 6.45) is 2.34. The van der Waals surface area contributed by atoms with Crippen LogP contribution in [-0.2, 0) is 0 Å². The highest BCUT2D eigenvalue weighted by Gasteiger charge is 2.30. The topological polar surface area (TPSA) is 49.5 Å². The zero-order chi connectivity index (χ0) is 9.14. The first-order valence-corrected chi connectivity index (χ1v) is 4.73. The van der Waals surface area contributed by atoms with Gasteiger partial charge in [-0.25, -0.2) is 0 Å². The van der Waals surface area contributed by atoms with Crippen molar-refractivity contribution in [3.8, 4) is 0 Å². The third kappa shape index (κ3) is 2.73. The molecular formula is C9H20N2O. The van der Waals surface area contributed by atoms with E-state index in [0.717, 1.165) is 5.92 Å². The summed E-state index contributed by atoms with van der Waals surface area (Å²) in [5.74, 6) is 0.861. The molecule has 3 N–H and O–H groups in total. The summed E-state index contributed by atoms with van der Waals surface area (Å²) in [6.45, 7) is 3.29. The van der Waals surface area contributed by atoms with Gasteiger partial charge in [0.05, 0.1) is 6.10 Å². The number of likely N-dealkylation sites (N-methyl/N-ethyl adjacent to an activating group) is 1. The third-order valence-electron chi connectivity index (χ3n) is 2.77. The maximum absolute atomic E-state index is 9.31. The Morgan fingerprint density at radius 3 is 2.58 bits per heavy atom. The largest absolute Gasteiger partial charge is 0.390 e. The molecule has 0 saturated heterocycles. The number of rotatable bonds is 5. The number of nitrogens with two attached hydrogens (primary N) is 1. The third-order valence-corrected chi connectivity index (χ3v) is 2.77. The molecule has 12 heavy (non-hydrogen) atoms. The van der Waals surface area contributed by atoms with Crippen molar-refractivity contribution in [3.63, 3.8) is 0 Å². The van der Waals surface area contributed by atoms with E-state index in [-0.39, 0.29) is 6.10 Å². The van der Waals surface area contributed by atoms with Gasteiger partial charge in [0.2, 0.25) is 0 Å². The van der Waals surface area contributed by atoms with E-state index in [1.807, 2.05) is 0 Å². The quantitative estimate of drug-likeness (QED) is 0.615. The van der Waals surface area contributed by atoms with E-state index in [1.54, 1.807) is 0 Å². The number of aliphatic hydroxyl groups is 1. The van der Waals surface area contributed by atoms with Crippen LogP contribution in [0.15, 0.2) is 0 Å². The molecule has 0 aliphatic heterocycles. The van der Waals surface area contributed by atoms with Gasteiger partial charge < -0.3 is 15.7 Å². The summed E-state index contributed by atoms with van der Waals surface area (Å²) in [6, 6.07) is 0.603. The minimum absolute atomic E-state index is 0.363. The van der Waals surface area contributed by atoms with Gasteiger partial charge in [0, 0.05) is 19.1 Å². The second-order valence-electron chi connectivity index (χ2n) is 3.91. The Kier molecular flexibility index (Phi) is 3.50. The van der Waals surface area contributed by atoms with Gasteiger partial charge in [0.15, 0.2) is 0 Å². The number of nitrogens with zero attached hydrogens (tertiary/aromatic N) is 1. The van der Waals surface area contributed by atoms with Crippen LogP contribution in [0.4, 0.5) is 0 Å². The van der Waals surface area contributed by atoms with E-state index in [4.69, 9.17) is 5.73 Å². The van der Waals surface area contributed by atoms with Gasteiger partial charge in [-0.1, -0.05) is 0 Å². The van der Waals surface area contributed by atoms with Gasteiger partial charge >= 0.3 is 0 Å². The zero-order valence-corrected chi connectivity index (χ0v) is 8.03. The van der Waals surface area contributed by atoms with Crippen LogP contribution >= 0.6 is 0 Å². The minimum Gasteiger partial charge on any atom is -0.390 e. The molecule has 0 aromatic heterocycles. The molecule has 0 aromatic carbocycles. The highest BCUT2D eigenvalue weighted by atomic mass is 16.3. The molecule has 0 spiro atoms. The molecule has 0 bridgehead atoms. The van der Waals surface area contributed by atoms with Crippen molar-refractivity contribution in [1.82, 2.24) is 4.90 Å². The maximum Gasteiger partial charge on any atom is 0.0789 e. The van der Waals surface area contributed by atoms with Crippen molar-refractivity contribution < 1.29 is 5.11 Å². The standard InChI is InChI=1S/C9H20N2O/c1-7(8-3-4-8)11(2)6-9(12)5-10/h7-9,12H,3-6,10H2,1-2H3. The highest BCUT2D eigenvalue weighted by molar-refractivity contribution is 4.84. The predicted octanol–water partition coefficient (Wildman–Crippen LogP) is 0.0363. The smallest absolute Gasteiger partial charge is 0.0789 e. The van der Waals surface area contributed by atoms with Gasteiger partial charge in [0.1, 0.15) is 0 Å². The summed E-state index contributed by atoms with van der Waals surface area (Å²) >= 11 is 0. The van der Waals surface area contributed by atoms with Gasteiger partial charge in [-0.05, 0) is 32.7 Å². The lowest BCUT2D eigenvalue weighted by atomic mass is 10.2. The van der Waals surface area contributed by atoms with Crippen LogP contribution < -0.4 is 5.73 Å². The number of hydrogen-bond acceptors (Lipinski definition) is 3. The van der Waals surface area contributed by atoms with Crippen LogP contribution in [0.3, 0.4) is 0 Å². The van der Waals surface area contributed by atoms with Crippen LogP contribution in [-0.4, -0.2) is 42.3 Å². The van der Waals surface area contributed by atoms with Crippen molar-refractivity contribution in [1.29, 1.82) is 0 Å². The minimum atomic E-state index is -0.365. The lowest BCUT2D eigenvalue weighted by molar-refractivity contribution is 0.108. The highest BCUT2D eigenvalue weighted by Crippen LogP contribution is 2.34. The van der Waals surface area contributed by atoms with Gasteiger partial charge in [0.25, 0.3) is 0 Å². The summed E-state index contributed by atoms with van der Waals surface area (Å²) < 4.78 is 0. The predicted molar refractivity (Wildman–Crippen MR) is 49.9 cm³/mol. The Morgan fingerprint density at radius 1 is 1.58 bits per heavy atom. The van der Waals surface area contributed by atoms with E-state index < -0.39 is 0 Å². The molecule has 0 heterocycles. The molecule has 1 saturated carbocycles. The molecule has 1 rings (SSSR count). The van der Waals surface area contributed by atoms with Crippen LogP contribution in [0, 0.1) is 5.92 Å².